The summed E-state index contributed by atoms with van der Waals surface area (Å²) in [7, 11) is 0. The zero-order chi connectivity index (χ0) is 22.7. The van der Waals surface area contributed by atoms with Crippen LogP contribution in [0, 0.1) is 6.92 Å². The smallest absolute Gasteiger partial charge is 0.266 e. The number of benzene rings is 2. The van der Waals surface area contributed by atoms with Gasteiger partial charge in [0.15, 0.2) is 5.17 Å². The molecule has 2 aromatic carbocycles. The molecule has 1 fully saturated rings. The van der Waals surface area contributed by atoms with Crippen molar-refractivity contribution < 1.29 is 9.59 Å². The maximum absolute atomic E-state index is 12.9. The van der Waals surface area contributed by atoms with Crippen LogP contribution < -0.4 is 5.32 Å². The molecule has 6 nitrogen and oxygen atoms in total. The van der Waals surface area contributed by atoms with Crippen LogP contribution in [-0.2, 0) is 16.1 Å². The number of amides is 2. The minimum absolute atomic E-state index is 0.0290. The fraction of sp³-hybridized carbons (Fsp3) is 0.240. The number of fused-ring (bicyclic) bond motifs is 1. The van der Waals surface area contributed by atoms with Crippen molar-refractivity contribution in [1.82, 2.24) is 9.47 Å². The topological polar surface area (TPSA) is 66.7 Å². The average Bonchev–Trinajstić information content (AvgIpc) is 3.25. The number of aromatic nitrogens is 1. The summed E-state index contributed by atoms with van der Waals surface area (Å²) in [6.45, 7) is 7.31. The Hall–Kier alpha value is -3.32. The Kier molecular flexibility index (Phi) is 6.46. The molecule has 1 aliphatic heterocycles. The minimum Gasteiger partial charge on any atom is -0.337 e. The molecule has 2 amide bonds. The molecule has 2 heterocycles. The summed E-state index contributed by atoms with van der Waals surface area (Å²) >= 11 is 1.40. The van der Waals surface area contributed by atoms with Crippen LogP contribution in [0.1, 0.15) is 25.0 Å². The van der Waals surface area contributed by atoms with E-state index in [0.717, 1.165) is 32.9 Å². The standard InChI is InChI=1S/C25H26N4O2S/c1-4-26-25-29(5-2)24(31)22(32-25)14-18-15-28(21-12-7-6-11-20(18)21)16-23(30)27-19-10-8-9-17(3)13-19/h6-15H,4-5,16H2,1-3H3,(H,27,30)/b22-14+,26-25?. The van der Waals surface area contributed by atoms with Gasteiger partial charge in [-0.15, -0.1) is 0 Å². The molecule has 164 valence electrons. The number of amidine groups is 1. The third-order valence-corrected chi connectivity index (χ3v) is 6.26. The van der Waals surface area contributed by atoms with Gasteiger partial charge in [0.05, 0.1) is 4.91 Å². The number of rotatable bonds is 6. The summed E-state index contributed by atoms with van der Waals surface area (Å²) in [5.41, 5.74) is 3.73. The van der Waals surface area contributed by atoms with Gasteiger partial charge < -0.3 is 9.88 Å². The van der Waals surface area contributed by atoms with E-state index in [0.29, 0.717) is 18.0 Å². The monoisotopic (exact) mass is 446 g/mol. The highest BCUT2D eigenvalue weighted by Crippen LogP contribution is 2.34. The van der Waals surface area contributed by atoms with Gasteiger partial charge in [-0.3, -0.25) is 19.5 Å². The van der Waals surface area contributed by atoms with Gasteiger partial charge in [0.1, 0.15) is 6.54 Å². The Morgan fingerprint density at radius 3 is 2.72 bits per heavy atom. The summed E-state index contributed by atoms with van der Waals surface area (Å²) in [6.07, 6.45) is 3.84. The third-order valence-electron chi connectivity index (χ3n) is 5.22. The summed E-state index contributed by atoms with van der Waals surface area (Å²) in [5, 5.41) is 4.71. The van der Waals surface area contributed by atoms with E-state index in [1.165, 1.54) is 11.8 Å². The Bertz CT molecular complexity index is 1240. The number of para-hydroxylation sites is 1. The molecule has 4 rings (SSSR count). The summed E-state index contributed by atoms with van der Waals surface area (Å²) in [4.78, 5) is 32.4. The Labute approximate surface area is 192 Å². The zero-order valence-electron chi connectivity index (χ0n) is 18.5. The lowest BCUT2D eigenvalue weighted by Gasteiger charge is -2.11. The molecule has 1 N–H and O–H groups in total. The van der Waals surface area contributed by atoms with E-state index in [1.54, 1.807) is 4.90 Å². The van der Waals surface area contributed by atoms with E-state index < -0.39 is 0 Å². The highest BCUT2D eigenvalue weighted by Gasteiger charge is 2.32. The van der Waals surface area contributed by atoms with E-state index in [1.807, 2.05) is 86.1 Å². The van der Waals surface area contributed by atoms with Crippen molar-refractivity contribution in [2.24, 2.45) is 4.99 Å². The molecule has 7 heteroatoms. The molecule has 0 radical (unpaired) electrons. The molecule has 1 aliphatic rings. The molecule has 0 aliphatic carbocycles. The molecule has 0 bridgehead atoms. The number of carbonyl (C=O) groups excluding carboxylic acids is 2. The molecule has 1 saturated heterocycles. The van der Waals surface area contributed by atoms with Gasteiger partial charge in [0, 0.05) is 41.4 Å². The summed E-state index contributed by atoms with van der Waals surface area (Å²) in [5.74, 6) is -0.130. The van der Waals surface area contributed by atoms with Gasteiger partial charge in [-0.1, -0.05) is 30.3 Å². The number of likely N-dealkylation sites (N-methyl/N-ethyl adjacent to an activating group) is 1. The number of nitrogens with zero attached hydrogens (tertiary/aromatic N) is 3. The first kappa shape index (κ1) is 21.9. The van der Waals surface area contributed by atoms with Gasteiger partial charge in [0.2, 0.25) is 5.91 Å². The molecule has 1 aromatic heterocycles. The first-order chi connectivity index (χ1) is 15.5. The summed E-state index contributed by atoms with van der Waals surface area (Å²) in [6, 6.07) is 15.7. The van der Waals surface area contributed by atoms with Crippen molar-refractivity contribution in [1.29, 1.82) is 0 Å². The van der Waals surface area contributed by atoms with Crippen LogP contribution in [0.2, 0.25) is 0 Å². The predicted molar refractivity (Wildman–Crippen MR) is 133 cm³/mol. The van der Waals surface area contributed by atoms with Crippen molar-refractivity contribution in [3.05, 3.63) is 70.8 Å². The highest BCUT2D eigenvalue weighted by atomic mass is 32.2. The van der Waals surface area contributed by atoms with Gasteiger partial charge in [-0.05, 0) is 62.4 Å². The third kappa shape index (κ3) is 4.48. The van der Waals surface area contributed by atoms with Crippen molar-refractivity contribution in [2.45, 2.75) is 27.3 Å². The first-order valence-corrected chi connectivity index (χ1v) is 11.5. The van der Waals surface area contributed by atoms with E-state index >= 15 is 0 Å². The van der Waals surface area contributed by atoms with E-state index in [-0.39, 0.29) is 18.4 Å². The van der Waals surface area contributed by atoms with Gasteiger partial charge in [0.25, 0.3) is 5.91 Å². The Morgan fingerprint density at radius 2 is 1.97 bits per heavy atom. The second-order valence-electron chi connectivity index (χ2n) is 7.56. The lowest BCUT2D eigenvalue weighted by molar-refractivity contribution is -0.122. The SMILES string of the molecule is CCN=C1S/C(=C/c2cn(CC(=O)Nc3cccc(C)c3)c3ccccc23)C(=O)N1CC. The fourth-order valence-electron chi connectivity index (χ4n) is 3.78. The number of hydrogen-bond acceptors (Lipinski definition) is 4. The van der Waals surface area contributed by atoms with Crippen molar-refractivity contribution in [3.63, 3.8) is 0 Å². The molecular formula is C25H26N4O2S. The van der Waals surface area contributed by atoms with Crippen molar-refractivity contribution in [3.8, 4) is 0 Å². The quantitative estimate of drug-likeness (QED) is 0.548. The second kappa shape index (κ2) is 9.44. The lowest BCUT2D eigenvalue weighted by Crippen LogP contribution is -2.28. The largest absolute Gasteiger partial charge is 0.337 e. The number of hydrogen-bond donors (Lipinski definition) is 1. The van der Waals surface area contributed by atoms with Crippen LogP contribution in [-0.4, -0.2) is 39.5 Å². The van der Waals surface area contributed by atoms with Crippen molar-refractivity contribution >= 4 is 51.4 Å². The molecule has 3 aromatic rings. The maximum atomic E-state index is 12.9. The number of carbonyl (C=O) groups is 2. The van der Waals surface area contributed by atoms with Crippen LogP contribution in [0.4, 0.5) is 5.69 Å². The van der Waals surface area contributed by atoms with Gasteiger partial charge >= 0.3 is 0 Å². The molecule has 0 atom stereocenters. The number of nitrogens with one attached hydrogen (secondary N) is 1. The highest BCUT2D eigenvalue weighted by molar-refractivity contribution is 8.18. The number of thioether (sulfide) groups is 1. The predicted octanol–water partition coefficient (Wildman–Crippen LogP) is 4.90. The average molecular weight is 447 g/mol. The van der Waals surface area contributed by atoms with Crippen LogP contribution in [0.25, 0.3) is 17.0 Å². The van der Waals surface area contributed by atoms with Gasteiger partial charge in [-0.25, -0.2) is 0 Å². The van der Waals surface area contributed by atoms with Crippen LogP contribution in [0.5, 0.6) is 0 Å². The Morgan fingerprint density at radius 1 is 1.16 bits per heavy atom. The van der Waals surface area contributed by atoms with Gasteiger partial charge in [-0.2, -0.15) is 0 Å². The normalized spacial score (nSPS) is 16.5. The number of anilines is 1. The van der Waals surface area contributed by atoms with E-state index in [9.17, 15) is 9.59 Å². The Balaban J connectivity index is 1.63. The first-order valence-electron chi connectivity index (χ1n) is 10.7. The van der Waals surface area contributed by atoms with E-state index in [4.69, 9.17) is 0 Å². The van der Waals surface area contributed by atoms with Crippen LogP contribution >= 0.6 is 11.8 Å². The zero-order valence-corrected chi connectivity index (χ0v) is 19.3. The second-order valence-corrected chi connectivity index (χ2v) is 8.57. The minimum atomic E-state index is -0.101. The summed E-state index contributed by atoms with van der Waals surface area (Å²) < 4.78 is 1.93. The fourth-order valence-corrected chi connectivity index (χ4v) is 4.88. The van der Waals surface area contributed by atoms with Crippen molar-refractivity contribution in [2.75, 3.05) is 18.4 Å². The number of aliphatic imine (C=N–C) groups is 1. The maximum Gasteiger partial charge on any atom is 0.266 e. The van der Waals surface area contributed by atoms with Crippen LogP contribution in [0.15, 0.2) is 64.6 Å². The van der Waals surface area contributed by atoms with Crippen LogP contribution in [0.3, 0.4) is 0 Å². The van der Waals surface area contributed by atoms with E-state index in [2.05, 4.69) is 10.3 Å². The molecular weight excluding hydrogens is 420 g/mol. The number of aryl methyl sites for hydroxylation is 1. The lowest BCUT2D eigenvalue weighted by atomic mass is 10.1. The molecule has 32 heavy (non-hydrogen) atoms. The molecule has 0 saturated carbocycles. The molecule has 0 spiro atoms. The molecule has 0 unspecified atom stereocenters.